The fraction of sp³-hybridized carbons (Fsp3) is 0.500. The lowest BCUT2D eigenvalue weighted by molar-refractivity contribution is 0.337. The van der Waals surface area contributed by atoms with Crippen molar-refractivity contribution in [3.05, 3.63) is 29.3 Å². The molecule has 0 bridgehead atoms. The Labute approximate surface area is 85.3 Å². The second-order valence-electron chi connectivity index (χ2n) is 3.94. The van der Waals surface area contributed by atoms with Gasteiger partial charge in [-0.15, -0.1) is 0 Å². The molecule has 14 heavy (non-hydrogen) atoms. The summed E-state index contributed by atoms with van der Waals surface area (Å²) in [6, 6.07) is 6.54. The van der Waals surface area contributed by atoms with E-state index in [1.807, 2.05) is 7.05 Å². The third-order valence-electron chi connectivity index (χ3n) is 2.76. The smallest absolute Gasteiger partial charge is 0.122 e. The largest absolute Gasteiger partial charge is 0.493 e. The first-order valence-electron chi connectivity index (χ1n) is 5.21. The molecule has 0 spiro atoms. The van der Waals surface area contributed by atoms with Crippen LogP contribution < -0.4 is 10.1 Å². The van der Waals surface area contributed by atoms with Gasteiger partial charge in [-0.05, 0) is 31.6 Å². The first-order valence-corrected chi connectivity index (χ1v) is 5.21. The summed E-state index contributed by atoms with van der Waals surface area (Å²) in [5, 5.41) is 3.16. The number of ether oxygens (including phenoxy) is 1. The molecule has 1 aliphatic heterocycles. The van der Waals surface area contributed by atoms with E-state index in [0.29, 0.717) is 5.92 Å². The van der Waals surface area contributed by atoms with E-state index in [4.69, 9.17) is 4.74 Å². The SMILES string of the molecule is CNCCc1ccc2c(c1)C(C)CO2. The van der Waals surface area contributed by atoms with Crippen LogP contribution >= 0.6 is 0 Å². The minimum atomic E-state index is 0.555. The number of rotatable bonds is 3. The van der Waals surface area contributed by atoms with Crippen molar-refractivity contribution in [3.8, 4) is 5.75 Å². The summed E-state index contributed by atoms with van der Waals surface area (Å²) in [4.78, 5) is 0. The lowest BCUT2D eigenvalue weighted by atomic mass is 10.00. The highest BCUT2D eigenvalue weighted by Crippen LogP contribution is 2.33. The predicted octanol–water partition coefficient (Wildman–Crippen LogP) is 1.94. The van der Waals surface area contributed by atoms with Crippen LogP contribution in [0.5, 0.6) is 5.75 Å². The van der Waals surface area contributed by atoms with E-state index in [1.165, 1.54) is 11.1 Å². The molecule has 1 N–H and O–H groups in total. The standard InChI is InChI=1S/C12H17NO/c1-9-8-14-12-4-3-10(5-6-13-2)7-11(9)12/h3-4,7,9,13H,5-6,8H2,1-2H3. The van der Waals surface area contributed by atoms with E-state index in [1.54, 1.807) is 0 Å². The molecule has 1 aromatic carbocycles. The van der Waals surface area contributed by atoms with E-state index < -0.39 is 0 Å². The topological polar surface area (TPSA) is 21.3 Å². The van der Waals surface area contributed by atoms with Crippen LogP contribution in [0.15, 0.2) is 18.2 Å². The summed E-state index contributed by atoms with van der Waals surface area (Å²) >= 11 is 0. The Hall–Kier alpha value is -1.02. The number of likely N-dealkylation sites (N-methyl/N-ethyl adjacent to an activating group) is 1. The van der Waals surface area contributed by atoms with E-state index in [0.717, 1.165) is 25.3 Å². The van der Waals surface area contributed by atoms with Crippen LogP contribution in [0.4, 0.5) is 0 Å². The van der Waals surface area contributed by atoms with Crippen molar-refractivity contribution in [2.45, 2.75) is 19.3 Å². The molecular weight excluding hydrogens is 174 g/mol. The summed E-state index contributed by atoms with van der Waals surface area (Å²) in [7, 11) is 1.99. The second-order valence-corrected chi connectivity index (χ2v) is 3.94. The maximum atomic E-state index is 5.55. The van der Waals surface area contributed by atoms with Gasteiger partial charge in [0.05, 0.1) is 6.61 Å². The fourth-order valence-corrected chi connectivity index (χ4v) is 1.84. The van der Waals surface area contributed by atoms with Gasteiger partial charge in [0, 0.05) is 11.5 Å². The number of benzene rings is 1. The number of nitrogens with one attached hydrogen (secondary N) is 1. The summed E-state index contributed by atoms with van der Waals surface area (Å²) in [5.74, 6) is 1.63. The summed E-state index contributed by atoms with van der Waals surface area (Å²) in [6.07, 6.45) is 1.09. The zero-order valence-corrected chi connectivity index (χ0v) is 8.84. The average Bonchev–Trinajstić information content (AvgIpc) is 2.57. The first-order chi connectivity index (χ1) is 6.81. The minimum absolute atomic E-state index is 0.555. The quantitative estimate of drug-likeness (QED) is 0.788. The normalized spacial score (nSPS) is 19.1. The Morgan fingerprint density at radius 2 is 2.36 bits per heavy atom. The molecule has 2 nitrogen and oxygen atoms in total. The molecule has 0 fully saturated rings. The molecule has 0 saturated heterocycles. The number of hydrogen-bond acceptors (Lipinski definition) is 2. The Morgan fingerprint density at radius 3 is 3.14 bits per heavy atom. The van der Waals surface area contributed by atoms with Gasteiger partial charge in [0.2, 0.25) is 0 Å². The Morgan fingerprint density at radius 1 is 1.50 bits per heavy atom. The molecule has 1 aliphatic rings. The van der Waals surface area contributed by atoms with Gasteiger partial charge in [-0.3, -0.25) is 0 Å². The zero-order chi connectivity index (χ0) is 9.97. The first kappa shape index (κ1) is 9.53. The monoisotopic (exact) mass is 191 g/mol. The third-order valence-corrected chi connectivity index (χ3v) is 2.76. The Bertz CT molecular complexity index is 322. The summed E-state index contributed by atoms with van der Waals surface area (Å²) in [6.45, 7) is 4.09. The van der Waals surface area contributed by atoms with Crippen molar-refractivity contribution in [1.82, 2.24) is 5.32 Å². The van der Waals surface area contributed by atoms with Crippen LogP contribution in [-0.2, 0) is 6.42 Å². The van der Waals surface area contributed by atoms with Gasteiger partial charge in [0.15, 0.2) is 0 Å². The molecule has 0 saturated carbocycles. The van der Waals surface area contributed by atoms with Crippen LogP contribution in [0.2, 0.25) is 0 Å². The van der Waals surface area contributed by atoms with Gasteiger partial charge >= 0.3 is 0 Å². The number of fused-ring (bicyclic) bond motifs is 1. The highest BCUT2D eigenvalue weighted by Gasteiger charge is 2.19. The van der Waals surface area contributed by atoms with Crippen LogP contribution in [0.25, 0.3) is 0 Å². The average molecular weight is 191 g/mol. The maximum absolute atomic E-state index is 5.55. The van der Waals surface area contributed by atoms with Crippen LogP contribution in [0.1, 0.15) is 24.0 Å². The van der Waals surface area contributed by atoms with E-state index in [9.17, 15) is 0 Å². The molecule has 0 aliphatic carbocycles. The van der Waals surface area contributed by atoms with Crippen molar-refractivity contribution in [1.29, 1.82) is 0 Å². The Kier molecular flexibility index (Phi) is 2.73. The van der Waals surface area contributed by atoms with Crippen molar-refractivity contribution in [2.24, 2.45) is 0 Å². The van der Waals surface area contributed by atoms with E-state index >= 15 is 0 Å². The fourth-order valence-electron chi connectivity index (χ4n) is 1.84. The van der Waals surface area contributed by atoms with Crippen LogP contribution in [0.3, 0.4) is 0 Å². The Balaban J connectivity index is 2.17. The minimum Gasteiger partial charge on any atom is -0.493 e. The van der Waals surface area contributed by atoms with Crippen molar-refractivity contribution in [3.63, 3.8) is 0 Å². The maximum Gasteiger partial charge on any atom is 0.122 e. The molecule has 2 rings (SSSR count). The van der Waals surface area contributed by atoms with Crippen LogP contribution in [0, 0.1) is 0 Å². The highest BCUT2D eigenvalue weighted by molar-refractivity contribution is 5.42. The van der Waals surface area contributed by atoms with E-state index in [2.05, 4.69) is 30.4 Å². The van der Waals surface area contributed by atoms with Gasteiger partial charge in [-0.2, -0.15) is 0 Å². The van der Waals surface area contributed by atoms with E-state index in [-0.39, 0.29) is 0 Å². The molecular formula is C12H17NO. The van der Waals surface area contributed by atoms with Crippen molar-refractivity contribution in [2.75, 3.05) is 20.2 Å². The summed E-state index contributed by atoms with van der Waals surface area (Å²) in [5.41, 5.74) is 2.77. The molecule has 76 valence electrons. The predicted molar refractivity (Wildman–Crippen MR) is 58.0 cm³/mol. The third kappa shape index (κ3) is 1.75. The van der Waals surface area contributed by atoms with Crippen LogP contribution in [-0.4, -0.2) is 20.2 Å². The second kappa shape index (κ2) is 4.01. The summed E-state index contributed by atoms with van der Waals surface area (Å²) < 4.78 is 5.55. The molecule has 1 atom stereocenters. The molecule has 0 amide bonds. The van der Waals surface area contributed by atoms with Gasteiger partial charge in [0.25, 0.3) is 0 Å². The molecule has 0 radical (unpaired) electrons. The highest BCUT2D eigenvalue weighted by atomic mass is 16.5. The van der Waals surface area contributed by atoms with Gasteiger partial charge in [-0.1, -0.05) is 19.1 Å². The lowest BCUT2D eigenvalue weighted by Crippen LogP contribution is -2.10. The zero-order valence-electron chi connectivity index (χ0n) is 8.84. The van der Waals surface area contributed by atoms with Gasteiger partial charge in [-0.25, -0.2) is 0 Å². The molecule has 1 heterocycles. The van der Waals surface area contributed by atoms with Crippen molar-refractivity contribution < 1.29 is 4.74 Å². The van der Waals surface area contributed by atoms with Gasteiger partial charge in [0.1, 0.15) is 5.75 Å². The molecule has 2 heteroatoms. The van der Waals surface area contributed by atoms with Gasteiger partial charge < -0.3 is 10.1 Å². The molecule has 0 aromatic heterocycles. The lowest BCUT2D eigenvalue weighted by Gasteiger charge is -2.05. The number of hydrogen-bond donors (Lipinski definition) is 1. The van der Waals surface area contributed by atoms with Crippen molar-refractivity contribution >= 4 is 0 Å². The molecule has 1 aromatic rings. The molecule has 1 unspecified atom stereocenters.